The van der Waals surface area contributed by atoms with Crippen LogP contribution in [0.5, 0.6) is 0 Å². The SMILES string of the molecule is CC[C@]12CCCNCCc3c(n(c4ccccc34)CCC1)C2. The summed E-state index contributed by atoms with van der Waals surface area (Å²) < 4.78 is 2.66. The number of hydrogen-bond acceptors (Lipinski definition) is 1. The summed E-state index contributed by atoms with van der Waals surface area (Å²) in [4.78, 5) is 0. The normalized spacial score (nSPS) is 25.9. The molecule has 0 saturated carbocycles. The predicted molar refractivity (Wildman–Crippen MR) is 93.4 cm³/mol. The first-order valence-electron chi connectivity index (χ1n) is 9.13. The molecule has 2 aliphatic rings. The van der Waals surface area contributed by atoms with Crippen molar-refractivity contribution in [3.05, 3.63) is 35.5 Å². The van der Waals surface area contributed by atoms with Crippen molar-refractivity contribution < 1.29 is 0 Å². The summed E-state index contributed by atoms with van der Waals surface area (Å²) in [5, 5.41) is 5.17. The maximum Gasteiger partial charge on any atom is 0.0485 e. The van der Waals surface area contributed by atoms with Crippen LogP contribution in [0.25, 0.3) is 10.9 Å². The van der Waals surface area contributed by atoms with Gasteiger partial charge in [-0.25, -0.2) is 0 Å². The molecule has 0 aliphatic carbocycles. The van der Waals surface area contributed by atoms with Crippen LogP contribution in [0, 0.1) is 5.41 Å². The van der Waals surface area contributed by atoms with Gasteiger partial charge in [0.15, 0.2) is 0 Å². The molecule has 0 saturated heterocycles. The van der Waals surface area contributed by atoms with E-state index in [2.05, 4.69) is 41.1 Å². The Bertz CT molecular complexity index is 670. The Morgan fingerprint density at radius 3 is 2.91 bits per heavy atom. The molecule has 0 radical (unpaired) electrons. The predicted octanol–water partition coefficient (Wildman–Crippen LogP) is 4.30. The van der Waals surface area contributed by atoms with Crippen molar-refractivity contribution in [1.82, 2.24) is 9.88 Å². The summed E-state index contributed by atoms with van der Waals surface area (Å²) in [6, 6.07) is 9.08. The highest BCUT2D eigenvalue weighted by Crippen LogP contribution is 2.43. The van der Waals surface area contributed by atoms with Gasteiger partial charge in [0.25, 0.3) is 0 Å². The molecule has 3 heterocycles. The molecule has 2 aliphatic heterocycles. The fourth-order valence-electron chi connectivity index (χ4n) is 4.84. The van der Waals surface area contributed by atoms with Gasteiger partial charge in [-0.2, -0.15) is 0 Å². The fourth-order valence-corrected chi connectivity index (χ4v) is 4.84. The van der Waals surface area contributed by atoms with E-state index in [1.54, 1.807) is 11.3 Å². The minimum atomic E-state index is 0.538. The number of rotatable bonds is 1. The second-order valence-electron chi connectivity index (χ2n) is 7.33. The van der Waals surface area contributed by atoms with Crippen LogP contribution in [0.1, 0.15) is 50.3 Å². The summed E-state index contributed by atoms with van der Waals surface area (Å²) in [7, 11) is 0. The number of hydrogen-bond donors (Lipinski definition) is 1. The molecule has 22 heavy (non-hydrogen) atoms. The van der Waals surface area contributed by atoms with Crippen LogP contribution in [-0.2, 0) is 19.4 Å². The van der Waals surface area contributed by atoms with Gasteiger partial charge < -0.3 is 9.88 Å². The van der Waals surface area contributed by atoms with Crippen molar-refractivity contribution in [2.75, 3.05) is 13.1 Å². The molecule has 2 heteroatoms. The lowest BCUT2D eigenvalue weighted by molar-refractivity contribution is 0.218. The molecule has 0 fully saturated rings. The van der Waals surface area contributed by atoms with E-state index >= 15 is 0 Å². The lowest BCUT2D eigenvalue weighted by Gasteiger charge is -2.32. The average molecular weight is 296 g/mol. The van der Waals surface area contributed by atoms with Crippen LogP contribution < -0.4 is 5.32 Å². The van der Waals surface area contributed by atoms with Crippen LogP contribution in [0.2, 0.25) is 0 Å². The summed E-state index contributed by atoms with van der Waals surface area (Å²) >= 11 is 0. The van der Waals surface area contributed by atoms with Gasteiger partial charge in [0.1, 0.15) is 0 Å². The molecule has 118 valence electrons. The van der Waals surface area contributed by atoms with Crippen molar-refractivity contribution in [3.8, 4) is 0 Å². The number of nitrogens with one attached hydrogen (secondary N) is 1. The highest BCUT2D eigenvalue weighted by atomic mass is 15.0. The van der Waals surface area contributed by atoms with Crippen LogP contribution in [-0.4, -0.2) is 17.7 Å². The van der Waals surface area contributed by atoms with Crippen molar-refractivity contribution in [3.63, 3.8) is 0 Å². The second-order valence-corrected chi connectivity index (χ2v) is 7.33. The van der Waals surface area contributed by atoms with E-state index in [1.165, 1.54) is 68.9 Å². The molecule has 2 aromatic rings. The number of para-hydroxylation sites is 1. The molecule has 0 spiro atoms. The second kappa shape index (κ2) is 5.73. The Morgan fingerprint density at radius 2 is 2.00 bits per heavy atom. The molecule has 1 aromatic heterocycles. The summed E-state index contributed by atoms with van der Waals surface area (Å²) in [5.41, 5.74) is 5.30. The molecule has 1 N–H and O–H groups in total. The van der Waals surface area contributed by atoms with Crippen LogP contribution in [0.15, 0.2) is 24.3 Å². The zero-order valence-electron chi connectivity index (χ0n) is 13.8. The van der Waals surface area contributed by atoms with E-state index in [1.807, 2.05) is 0 Å². The highest BCUT2D eigenvalue weighted by molar-refractivity contribution is 5.85. The van der Waals surface area contributed by atoms with E-state index in [0.717, 1.165) is 6.54 Å². The first kappa shape index (κ1) is 14.3. The van der Waals surface area contributed by atoms with E-state index in [9.17, 15) is 0 Å². The van der Waals surface area contributed by atoms with Gasteiger partial charge in [-0.05, 0) is 68.7 Å². The number of aromatic nitrogens is 1. The third-order valence-corrected chi connectivity index (χ3v) is 6.19. The van der Waals surface area contributed by atoms with Crippen LogP contribution in [0.4, 0.5) is 0 Å². The monoisotopic (exact) mass is 296 g/mol. The van der Waals surface area contributed by atoms with Crippen LogP contribution in [0.3, 0.4) is 0 Å². The Kier molecular flexibility index (Phi) is 3.73. The quantitative estimate of drug-likeness (QED) is 0.830. The third-order valence-electron chi connectivity index (χ3n) is 6.19. The van der Waals surface area contributed by atoms with Gasteiger partial charge in [-0.1, -0.05) is 31.5 Å². The molecule has 1 atom stereocenters. The first-order valence-corrected chi connectivity index (χ1v) is 9.13. The molecule has 1 aromatic carbocycles. The number of fused-ring (bicyclic) bond motifs is 4. The molecular weight excluding hydrogens is 268 g/mol. The largest absolute Gasteiger partial charge is 0.344 e. The van der Waals surface area contributed by atoms with E-state index in [4.69, 9.17) is 0 Å². The highest BCUT2D eigenvalue weighted by Gasteiger charge is 2.33. The standard InChI is InChI=1S/C20H28N2/c1-2-20-10-5-12-21-13-9-17-16-7-3-4-8-18(16)22(14-6-11-20)19(17)15-20/h3-4,7-8,21H,2,5-6,9-15H2,1H3/t20-/m0/s1. The first-order chi connectivity index (χ1) is 10.8. The van der Waals surface area contributed by atoms with Gasteiger partial charge in [0.2, 0.25) is 0 Å². The number of benzene rings is 1. The molecule has 2 bridgehead atoms. The minimum Gasteiger partial charge on any atom is -0.344 e. The lowest BCUT2D eigenvalue weighted by Crippen LogP contribution is -2.28. The molecule has 0 amide bonds. The number of nitrogens with zero attached hydrogens (tertiary/aromatic N) is 1. The Morgan fingerprint density at radius 1 is 1.14 bits per heavy atom. The lowest BCUT2D eigenvalue weighted by atomic mass is 9.73. The smallest absolute Gasteiger partial charge is 0.0485 e. The summed E-state index contributed by atoms with van der Waals surface area (Å²) in [6.45, 7) is 5.94. The molecule has 0 unspecified atom stereocenters. The molecular formula is C20H28N2. The summed E-state index contributed by atoms with van der Waals surface area (Å²) in [5.74, 6) is 0. The Labute approximate surface area is 133 Å². The van der Waals surface area contributed by atoms with Crippen molar-refractivity contribution >= 4 is 10.9 Å². The zero-order chi connectivity index (χ0) is 15.0. The van der Waals surface area contributed by atoms with E-state index in [0.29, 0.717) is 5.41 Å². The van der Waals surface area contributed by atoms with Gasteiger partial charge in [0.05, 0.1) is 0 Å². The van der Waals surface area contributed by atoms with Gasteiger partial charge in [-0.15, -0.1) is 0 Å². The molecule has 4 rings (SSSR count). The van der Waals surface area contributed by atoms with Crippen LogP contribution >= 0.6 is 0 Å². The van der Waals surface area contributed by atoms with Crippen molar-refractivity contribution in [1.29, 1.82) is 0 Å². The maximum atomic E-state index is 3.67. The van der Waals surface area contributed by atoms with Gasteiger partial charge >= 0.3 is 0 Å². The van der Waals surface area contributed by atoms with E-state index < -0.39 is 0 Å². The minimum absolute atomic E-state index is 0.538. The van der Waals surface area contributed by atoms with E-state index in [-0.39, 0.29) is 0 Å². The fraction of sp³-hybridized carbons (Fsp3) is 0.600. The maximum absolute atomic E-state index is 3.67. The topological polar surface area (TPSA) is 17.0 Å². The van der Waals surface area contributed by atoms with Crippen molar-refractivity contribution in [2.24, 2.45) is 5.41 Å². The average Bonchev–Trinajstić information content (AvgIpc) is 2.72. The van der Waals surface area contributed by atoms with Crippen molar-refractivity contribution in [2.45, 2.75) is 58.4 Å². The zero-order valence-corrected chi connectivity index (χ0v) is 13.8. The third kappa shape index (κ3) is 2.28. The van der Waals surface area contributed by atoms with Gasteiger partial charge in [-0.3, -0.25) is 0 Å². The van der Waals surface area contributed by atoms with Gasteiger partial charge in [0, 0.05) is 23.1 Å². The Balaban J connectivity index is 1.91. The molecule has 2 nitrogen and oxygen atoms in total. The number of aryl methyl sites for hydroxylation is 1. The summed E-state index contributed by atoms with van der Waals surface area (Å²) in [6.07, 6.45) is 9.27. The Hall–Kier alpha value is -1.28.